The quantitative estimate of drug-likeness (QED) is 0.187. The molecule has 3 aromatic carbocycles. The van der Waals surface area contributed by atoms with Crippen LogP contribution in [0.3, 0.4) is 0 Å². The first-order valence-electron chi connectivity index (χ1n) is 13.2. The van der Waals surface area contributed by atoms with Crippen molar-refractivity contribution in [1.29, 1.82) is 0 Å². The Hall–Kier alpha value is -4.51. The molecular formula is C34H34N2O3. The normalized spacial score (nSPS) is 11.9. The first kappa shape index (κ1) is 26.1. The summed E-state index contributed by atoms with van der Waals surface area (Å²) >= 11 is 0. The van der Waals surface area contributed by atoms with Crippen molar-refractivity contribution in [1.82, 2.24) is 9.97 Å². The van der Waals surface area contributed by atoms with Gasteiger partial charge in [0.2, 0.25) is 0 Å². The summed E-state index contributed by atoms with van der Waals surface area (Å²) in [6, 6.07) is 27.4. The molecule has 0 saturated heterocycles. The number of ether oxygens (including phenoxy) is 1. The van der Waals surface area contributed by atoms with Crippen LogP contribution in [0.5, 0.6) is 5.75 Å². The maximum Gasteiger partial charge on any atom is 0.355 e. The molecule has 2 heterocycles. The number of carbonyl (C=O) groups is 1. The average molecular weight is 519 g/mol. The van der Waals surface area contributed by atoms with E-state index in [2.05, 4.69) is 48.1 Å². The maximum atomic E-state index is 13.2. The molecule has 0 aliphatic heterocycles. The molecule has 0 fully saturated rings. The molecule has 1 atom stereocenters. The molecule has 0 amide bonds. The highest BCUT2D eigenvalue weighted by Crippen LogP contribution is 2.38. The minimum Gasteiger partial charge on any atom is -0.508 e. The van der Waals surface area contributed by atoms with E-state index in [1.807, 2.05) is 62.4 Å². The van der Waals surface area contributed by atoms with Gasteiger partial charge in [-0.25, -0.2) is 4.79 Å². The molecule has 1 unspecified atom stereocenters. The zero-order chi connectivity index (χ0) is 27.5. The molecule has 0 radical (unpaired) electrons. The number of esters is 1. The number of H-pyrrole nitrogens is 2. The molecule has 5 rings (SSSR count). The molecule has 0 saturated carbocycles. The van der Waals surface area contributed by atoms with Crippen molar-refractivity contribution in [2.75, 3.05) is 0 Å². The fourth-order valence-corrected chi connectivity index (χ4v) is 5.19. The number of hydrogen-bond donors (Lipinski definition) is 3. The molecular weight excluding hydrogens is 484 g/mol. The van der Waals surface area contributed by atoms with Crippen molar-refractivity contribution in [2.45, 2.75) is 46.6 Å². The Morgan fingerprint density at radius 3 is 1.92 bits per heavy atom. The van der Waals surface area contributed by atoms with E-state index >= 15 is 0 Å². The maximum absolute atomic E-state index is 13.2. The van der Waals surface area contributed by atoms with Crippen LogP contribution in [0, 0.1) is 27.7 Å². The Kier molecular flexibility index (Phi) is 7.42. The minimum absolute atomic E-state index is 0.191. The third-order valence-electron chi connectivity index (χ3n) is 7.75. The van der Waals surface area contributed by atoms with Gasteiger partial charge in [0.15, 0.2) is 0 Å². The Labute approximate surface area is 229 Å². The first-order chi connectivity index (χ1) is 18.8. The summed E-state index contributed by atoms with van der Waals surface area (Å²) in [6.07, 6.45) is 0.801. The summed E-state index contributed by atoms with van der Waals surface area (Å²) in [5.41, 5.74) is 11.1. The van der Waals surface area contributed by atoms with Crippen molar-refractivity contribution >= 4 is 5.97 Å². The third kappa shape index (κ3) is 5.39. The summed E-state index contributed by atoms with van der Waals surface area (Å²) in [7, 11) is 0. The summed E-state index contributed by atoms with van der Waals surface area (Å²) in [5, 5.41) is 10.00. The highest BCUT2D eigenvalue weighted by Gasteiger charge is 2.29. The predicted octanol–water partition coefficient (Wildman–Crippen LogP) is 7.41. The molecule has 3 N–H and O–H groups in total. The van der Waals surface area contributed by atoms with Gasteiger partial charge in [-0.2, -0.15) is 0 Å². The highest BCUT2D eigenvalue weighted by atomic mass is 16.5. The third-order valence-corrected chi connectivity index (χ3v) is 7.75. The van der Waals surface area contributed by atoms with Crippen molar-refractivity contribution in [3.05, 3.63) is 147 Å². The van der Waals surface area contributed by atoms with Crippen molar-refractivity contribution in [2.24, 2.45) is 0 Å². The summed E-state index contributed by atoms with van der Waals surface area (Å²) in [6.45, 7) is 8.50. The monoisotopic (exact) mass is 518 g/mol. The Morgan fingerprint density at radius 1 is 0.718 bits per heavy atom. The number of hydrogen-bond acceptors (Lipinski definition) is 3. The van der Waals surface area contributed by atoms with Gasteiger partial charge in [-0.1, -0.05) is 72.8 Å². The minimum atomic E-state index is -0.376. The number of aromatic amines is 2. The Balaban J connectivity index is 1.55. The van der Waals surface area contributed by atoms with E-state index in [1.54, 1.807) is 12.1 Å². The van der Waals surface area contributed by atoms with Gasteiger partial charge < -0.3 is 19.8 Å². The molecule has 0 aliphatic rings. The topological polar surface area (TPSA) is 78.1 Å². The van der Waals surface area contributed by atoms with Gasteiger partial charge in [0.1, 0.15) is 18.1 Å². The number of carbonyl (C=O) groups excluding carboxylic acids is 1. The fraction of sp³-hybridized carbons (Fsp3) is 0.206. The fourth-order valence-electron chi connectivity index (χ4n) is 5.19. The van der Waals surface area contributed by atoms with Gasteiger partial charge in [-0.05, 0) is 78.8 Å². The molecule has 39 heavy (non-hydrogen) atoms. The number of phenolic OH excluding ortho intramolecular Hbond substituents is 1. The molecule has 0 aliphatic carbocycles. The van der Waals surface area contributed by atoms with Gasteiger partial charge in [0.05, 0.1) is 5.92 Å². The first-order valence-corrected chi connectivity index (χ1v) is 13.2. The molecule has 0 bridgehead atoms. The van der Waals surface area contributed by atoms with Crippen LogP contribution in [0.25, 0.3) is 0 Å². The van der Waals surface area contributed by atoms with Crippen LogP contribution in [-0.4, -0.2) is 21.0 Å². The van der Waals surface area contributed by atoms with E-state index in [-0.39, 0.29) is 24.2 Å². The van der Waals surface area contributed by atoms with E-state index in [0.29, 0.717) is 5.69 Å². The van der Waals surface area contributed by atoms with Gasteiger partial charge >= 0.3 is 5.97 Å². The van der Waals surface area contributed by atoms with Crippen LogP contribution < -0.4 is 0 Å². The SMILES string of the molecule is Cc1c(Cc2ccccc2)[nH]c(C(c2ccc(O)cc2)c2[nH]c(C(=O)OCc3ccccc3)c(C)c2C)c1C. The molecule has 5 aromatic rings. The average Bonchev–Trinajstić information content (AvgIpc) is 3.40. The molecule has 5 nitrogen and oxygen atoms in total. The van der Waals surface area contributed by atoms with Crippen molar-refractivity contribution in [3.63, 3.8) is 0 Å². The standard InChI is InChI=1S/C34H34N2O3/c1-21-22(2)31(35-29(21)19-25-11-7-5-8-12-25)30(27-15-17-28(37)18-16-27)32-23(3)24(4)33(36-32)34(38)39-20-26-13-9-6-10-14-26/h5-18,30,35-37H,19-20H2,1-4H3. The summed E-state index contributed by atoms with van der Waals surface area (Å²) in [4.78, 5) is 20.4. The van der Waals surface area contributed by atoms with Crippen molar-refractivity contribution < 1.29 is 14.6 Å². The van der Waals surface area contributed by atoms with Crippen LogP contribution in [0.15, 0.2) is 84.9 Å². The lowest BCUT2D eigenvalue weighted by molar-refractivity contribution is 0.0465. The summed E-state index contributed by atoms with van der Waals surface area (Å²) in [5.74, 6) is -0.353. The van der Waals surface area contributed by atoms with Crippen LogP contribution in [-0.2, 0) is 17.8 Å². The lowest BCUT2D eigenvalue weighted by Gasteiger charge is -2.19. The number of aromatic nitrogens is 2. The lowest BCUT2D eigenvalue weighted by Crippen LogP contribution is -2.10. The second-order valence-electron chi connectivity index (χ2n) is 10.2. The Morgan fingerprint density at radius 2 is 1.28 bits per heavy atom. The largest absolute Gasteiger partial charge is 0.508 e. The zero-order valence-corrected chi connectivity index (χ0v) is 22.8. The van der Waals surface area contributed by atoms with E-state index in [9.17, 15) is 9.90 Å². The molecule has 2 aromatic heterocycles. The van der Waals surface area contributed by atoms with Gasteiger partial charge in [-0.3, -0.25) is 0 Å². The van der Waals surface area contributed by atoms with Crippen LogP contribution in [0.2, 0.25) is 0 Å². The number of benzene rings is 3. The van der Waals surface area contributed by atoms with Gasteiger partial charge in [-0.15, -0.1) is 0 Å². The van der Waals surface area contributed by atoms with E-state index < -0.39 is 0 Å². The van der Waals surface area contributed by atoms with Crippen molar-refractivity contribution in [3.8, 4) is 5.75 Å². The lowest BCUT2D eigenvalue weighted by atomic mass is 9.88. The number of phenols is 1. The predicted molar refractivity (Wildman–Crippen MR) is 154 cm³/mol. The summed E-state index contributed by atoms with van der Waals surface area (Å²) < 4.78 is 5.67. The van der Waals surface area contributed by atoms with Crippen LogP contribution >= 0.6 is 0 Å². The number of aromatic hydroxyl groups is 1. The molecule has 198 valence electrons. The van der Waals surface area contributed by atoms with Gasteiger partial charge in [0.25, 0.3) is 0 Å². The second kappa shape index (κ2) is 11.1. The second-order valence-corrected chi connectivity index (χ2v) is 10.2. The smallest absolute Gasteiger partial charge is 0.355 e. The van der Waals surface area contributed by atoms with Gasteiger partial charge in [0, 0.05) is 23.5 Å². The number of nitrogens with one attached hydrogen (secondary N) is 2. The van der Waals surface area contributed by atoms with Crippen LogP contribution in [0.1, 0.15) is 72.4 Å². The number of rotatable bonds is 8. The van der Waals surface area contributed by atoms with Crippen LogP contribution in [0.4, 0.5) is 0 Å². The van der Waals surface area contributed by atoms with E-state index in [1.165, 1.54) is 22.4 Å². The highest BCUT2D eigenvalue weighted by molar-refractivity contribution is 5.90. The Bertz CT molecular complexity index is 1580. The molecule has 5 heteroatoms. The van der Waals surface area contributed by atoms with E-state index in [0.717, 1.165) is 40.1 Å². The van der Waals surface area contributed by atoms with E-state index in [4.69, 9.17) is 4.74 Å². The zero-order valence-electron chi connectivity index (χ0n) is 22.8. The molecule has 0 spiro atoms.